The van der Waals surface area contributed by atoms with Crippen molar-refractivity contribution in [2.75, 3.05) is 19.7 Å². The van der Waals surface area contributed by atoms with Crippen LogP contribution in [0.4, 0.5) is 8.78 Å². The number of alkyl halides is 2. The molecule has 1 saturated carbocycles. The zero-order valence-corrected chi connectivity index (χ0v) is 12.4. The van der Waals surface area contributed by atoms with E-state index in [1.165, 1.54) is 0 Å². The Balaban J connectivity index is 1.89. The van der Waals surface area contributed by atoms with Gasteiger partial charge >= 0.3 is 5.97 Å². The first-order valence-electron chi connectivity index (χ1n) is 7.76. The first-order valence-corrected chi connectivity index (χ1v) is 7.76. The quantitative estimate of drug-likeness (QED) is 0.753. The molecule has 0 aromatic carbocycles. The van der Waals surface area contributed by atoms with Gasteiger partial charge in [0.2, 0.25) is 11.8 Å². The Labute approximate surface area is 123 Å². The number of esters is 1. The van der Waals surface area contributed by atoms with Crippen LogP contribution in [0.2, 0.25) is 0 Å². The third kappa shape index (κ3) is 4.14. The molecule has 0 bridgehead atoms. The maximum atomic E-state index is 13.2. The number of hydrogen-bond acceptors (Lipinski definition) is 3. The molecule has 0 spiro atoms. The fourth-order valence-corrected chi connectivity index (χ4v) is 3.18. The number of likely N-dealkylation sites (tertiary alicyclic amines) is 1. The van der Waals surface area contributed by atoms with Crippen molar-refractivity contribution in [2.45, 2.75) is 51.4 Å². The highest BCUT2D eigenvalue weighted by Gasteiger charge is 2.39. The van der Waals surface area contributed by atoms with Gasteiger partial charge in [-0.25, -0.2) is 8.78 Å². The summed E-state index contributed by atoms with van der Waals surface area (Å²) in [6.07, 6.45) is 1.55. The summed E-state index contributed by atoms with van der Waals surface area (Å²) in [5, 5.41) is 0. The summed E-state index contributed by atoms with van der Waals surface area (Å²) in [4.78, 5) is 25.9. The van der Waals surface area contributed by atoms with Gasteiger partial charge in [-0.2, -0.15) is 0 Å². The van der Waals surface area contributed by atoms with Gasteiger partial charge in [0.1, 0.15) is 0 Å². The molecule has 1 aliphatic heterocycles. The maximum absolute atomic E-state index is 13.2. The van der Waals surface area contributed by atoms with Crippen molar-refractivity contribution < 1.29 is 23.1 Å². The monoisotopic (exact) mass is 303 g/mol. The van der Waals surface area contributed by atoms with Crippen LogP contribution in [0.5, 0.6) is 0 Å². The van der Waals surface area contributed by atoms with Crippen LogP contribution in [0, 0.1) is 11.8 Å². The van der Waals surface area contributed by atoms with Crippen LogP contribution in [0.25, 0.3) is 0 Å². The lowest BCUT2D eigenvalue weighted by Gasteiger charge is -2.36. The topological polar surface area (TPSA) is 46.6 Å². The molecular formula is C15H23F2NO3. The van der Waals surface area contributed by atoms with Crippen molar-refractivity contribution in [1.82, 2.24) is 4.90 Å². The van der Waals surface area contributed by atoms with Gasteiger partial charge in [0.25, 0.3) is 0 Å². The standard InChI is InChI=1S/C15H23F2NO3/c1-2-21-14(20)12-4-3-9-18(10-12)13(19)11-5-7-15(16,17)8-6-11/h11-12H,2-10H2,1H3/t12-/m0/s1. The molecule has 0 radical (unpaired) electrons. The van der Waals surface area contributed by atoms with Gasteiger partial charge in [-0.05, 0) is 32.6 Å². The number of ether oxygens (including phenoxy) is 1. The summed E-state index contributed by atoms with van der Waals surface area (Å²) in [7, 11) is 0. The molecule has 6 heteroatoms. The van der Waals surface area contributed by atoms with E-state index in [9.17, 15) is 18.4 Å². The van der Waals surface area contributed by atoms with Crippen LogP contribution in [0.15, 0.2) is 0 Å². The van der Waals surface area contributed by atoms with Crippen LogP contribution >= 0.6 is 0 Å². The van der Waals surface area contributed by atoms with Crippen molar-refractivity contribution in [2.24, 2.45) is 11.8 Å². The first-order chi connectivity index (χ1) is 9.93. The second-order valence-corrected chi connectivity index (χ2v) is 6.01. The number of nitrogens with zero attached hydrogens (tertiary/aromatic N) is 1. The van der Waals surface area contributed by atoms with Crippen molar-refractivity contribution in [1.29, 1.82) is 0 Å². The van der Waals surface area contributed by atoms with Gasteiger partial charge in [-0.1, -0.05) is 0 Å². The Bertz CT molecular complexity index is 390. The predicted molar refractivity (Wildman–Crippen MR) is 72.8 cm³/mol. The molecule has 2 aliphatic rings. The Hall–Kier alpha value is -1.20. The fraction of sp³-hybridized carbons (Fsp3) is 0.867. The van der Waals surface area contributed by atoms with Crippen molar-refractivity contribution in [3.05, 3.63) is 0 Å². The molecule has 1 heterocycles. The SMILES string of the molecule is CCOC(=O)[C@H]1CCCN(C(=O)C2CCC(F)(F)CC2)C1. The molecule has 1 atom stereocenters. The third-order valence-corrected chi connectivity index (χ3v) is 4.42. The van der Waals surface area contributed by atoms with Crippen LogP contribution in [-0.4, -0.2) is 42.4 Å². The highest BCUT2D eigenvalue weighted by molar-refractivity contribution is 5.80. The average molecular weight is 303 g/mol. The molecule has 21 heavy (non-hydrogen) atoms. The van der Waals surface area contributed by atoms with Crippen LogP contribution in [-0.2, 0) is 14.3 Å². The minimum Gasteiger partial charge on any atom is -0.466 e. The third-order valence-electron chi connectivity index (χ3n) is 4.42. The molecule has 4 nitrogen and oxygen atoms in total. The number of carbonyl (C=O) groups excluding carboxylic acids is 2. The van der Waals surface area contributed by atoms with Gasteiger partial charge in [0, 0.05) is 31.8 Å². The summed E-state index contributed by atoms with van der Waals surface area (Å²) in [6.45, 7) is 3.07. The molecule has 0 N–H and O–H groups in total. The summed E-state index contributed by atoms with van der Waals surface area (Å²) in [6, 6.07) is 0. The van der Waals surface area contributed by atoms with Gasteiger partial charge in [-0.3, -0.25) is 9.59 Å². The van der Waals surface area contributed by atoms with Crippen LogP contribution < -0.4 is 0 Å². The van der Waals surface area contributed by atoms with Gasteiger partial charge in [-0.15, -0.1) is 0 Å². The molecule has 0 unspecified atom stereocenters. The Kier molecular flexibility index (Phi) is 5.17. The molecule has 120 valence electrons. The van der Waals surface area contributed by atoms with Crippen molar-refractivity contribution in [3.8, 4) is 0 Å². The van der Waals surface area contributed by atoms with Crippen molar-refractivity contribution in [3.63, 3.8) is 0 Å². The Morgan fingerprint density at radius 2 is 1.86 bits per heavy atom. The number of hydrogen-bond donors (Lipinski definition) is 0. The van der Waals surface area contributed by atoms with Crippen LogP contribution in [0.3, 0.4) is 0 Å². The fourth-order valence-electron chi connectivity index (χ4n) is 3.18. The molecule has 0 aromatic heterocycles. The van der Waals surface area contributed by atoms with E-state index in [0.717, 1.165) is 12.8 Å². The largest absolute Gasteiger partial charge is 0.466 e. The second-order valence-electron chi connectivity index (χ2n) is 6.01. The molecule has 0 aromatic rings. The van der Waals surface area contributed by atoms with E-state index < -0.39 is 5.92 Å². The van der Waals surface area contributed by atoms with Gasteiger partial charge in [0.05, 0.1) is 12.5 Å². The van der Waals surface area contributed by atoms with E-state index in [2.05, 4.69) is 0 Å². The second kappa shape index (κ2) is 6.71. The van der Waals surface area contributed by atoms with Gasteiger partial charge in [0.15, 0.2) is 0 Å². The Morgan fingerprint density at radius 3 is 2.48 bits per heavy atom. The maximum Gasteiger partial charge on any atom is 0.310 e. The van der Waals surface area contributed by atoms with E-state index in [1.807, 2.05) is 0 Å². The number of carbonyl (C=O) groups is 2. The lowest BCUT2D eigenvalue weighted by molar-refractivity contribution is -0.152. The summed E-state index contributed by atoms with van der Waals surface area (Å²) in [5.74, 6) is -3.53. The van der Waals surface area contributed by atoms with E-state index in [-0.39, 0.29) is 49.4 Å². The predicted octanol–water partition coefficient (Wildman–Crippen LogP) is 2.61. The number of halogens is 2. The zero-order valence-electron chi connectivity index (χ0n) is 12.4. The summed E-state index contributed by atoms with van der Waals surface area (Å²) < 4.78 is 31.3. The van der Waals surface area contributed by atoms with E-state index in [1.54, 1.807) is 11.8 Å². The van der Waals surface area contributed by atoms with Crippen molar-refractivity contribution >= 4 is 11.9 Å². The summed E-state index contributed by atoms with van der Waals surface area (Å²) in [5.41, 5.74) is 0. The van der Waals surface area contributed by atoms with E-state index >= 15 is 0 Å². The smallest absolute Gasteiger partial charge is 0.310 e. The molecule has 1 aliphatic carbocycles. The highest BCUT2D eigenvalue weighted by atomic mass is 19.3. The Morgan fingerprint density at radius 1 is 1.19 bits per heavy atom. The van der Waals surface area contributed by atoms with Gasteiger partial charge < -0.3 is 9.64 Å². The molecule has 2 fully saturated rings. The minimum absolute atomic E-state index is 0.0699. The molecule has 1 amide bonds. The minimum atomic E-state index is -2.62. The highest BCUT2D eigenvalue weighted by Crippen LogP contribution is 2.37. The lowest BCUT2D eigenvalue weighted by Crippen LogP contribution is -2.46. The lowest BCUT2D eigenvalue weighted by atomic mass is 9.85. The number of rotatable bonds is 3. The summed E-state index contributed by atoms with van der Waals surface area (Å²) >= 11 is 0. The number of amides is 1. The zero-order chi connectivity index (χ0) is 15.5. The molecule has 1 saturated heterocycles. The first kappa shape index (κ1) is 16.2. The molecular weight excluding hydrogens is 280 g/mol. The van der Waals surface area contributed by atoms with E-state index in [0.29, 0.717) is 19.7 Å². The number of piperidine rings is 1. The van der Waals surface area contributed by atoms with Crippen LogP contribution in [0.1, 0.15) is 45.4 Å². The molecule has 2 rings (SSSR count). The normalized spacial score (nSPS) is 26.4. The van der Waals surface area contributed by atoms with E-state index in [4.69, 9.17) is 4.74 Å². The average Bonchev–Trinajstić information content (AvgIpc) is 2.47.